The molecule has 9 heteroatoms. The van der Waals surface area contributed by atoms with Gasteiger partial charge in [-0.25, -0.2) is 14.8 Å². The van der Waals surface area contributed by atoms with E-state index in [1.165, 1.54) is 0 Å². The maximum absolute atomic E-state index is 12.3. The van der Waals surface area contributed by atoms with E-state index in [-0.39, 0.29) is 11.4 Å². The van der Waals surface area contributed by atoms with Crippen molar-refractivity contribution in [1.29, 1.82) is 0 Å². The van der Waals surface area contributed by atoms with Gasteiger partial charge in [0.15, 0.2) is 5.82 Å². The summed E-state index contributed by atoms with van der Waals surface area (Å²) in [6, 6.07) is 17.3. The van der Waals surface area contributed by atoms with Gasteiger partial charge in [-0.1, -0.05) is 50.2 Å². The molecule has 1 aromatic carbocycles. The molecule has 0 saturated carbocycles. The van der Waals surface area contributed by atoms with E-state index in [2.05, 4.69) is 25.8 Å². The Kier molecular flexibility index (Phi) is 6.35. The van der Waals surface area contributed by atoms with Crippen molar-refractivity contribution in [2.24, 2.45) is 0 Å². The van der Waals surface area contributed by atoms with E-state index in [1.54, 1.807) is 19.4 Å². The Hall–Kier alpha value is -4.66. The fourth-order valence-electron chi connectivity index (χ4n) is 3.87. The van der Waals surface area contributed by atoms with Crippen molar-refractivity contribution in [3.63, 3.8) is 0 Å². The minimum absolute atomic E-state index is 0.178. The summed E-state index contributed by atoms with van der Waals surface area (Å²) in [6.07, 6.45) is 5.65. The van der Waals surface area contributed by atoms with Gasteiger partial charge in [0.1, 0.15) is 11.4 Å². The molecule has 5 rings (SSSR count). The van der Waals surface area contributed by atoms with Crippen molar-refractivity contribution in [3.8, 4) is 28.3 Å². The molecule has 0 fully saturated rings. The Morgan fingerprint density at radius 1 is 0.973 bits per heavy atom. The molecule has 9 nitrogen and oxygen atoms in total. The molecule has 0 unspecified atom stereocenters. The monoisotopic (exact) mass is 496 g/mol. The van der Waals surface area contributed by atoms with Crippen LogP contribution in [-0.4, -0.2) is 32.7 Å². The molecule has 0 radical (unpaired) electrons. The first kappa shape index (κ1) is 24.1. The number of urea groups is 1. The molecule has 0 aliphatic rings. The number of ether oxygens (including phenoxy) is 1. The summed E-state index contributed by atoms with van der Waals surface area (Å²) in [4.78, 5) is 21.2. The number of anilines is 1. The van der Waals surface area contributed by atoms with E-state index in [4.69, 9.17) is 9.26 Å². The topological polar surface area (TPSA) is 107 Å². The van der Waals surface area contributed by atoms with Gasteiger partial charge < -0.3 is 14.6 Å². The Morgan fingerprint density at radius 3 is 2.43 bits per heavy atom. The van der Waals surface area contributed by atoms with Gasteiger partial charge in [0.05, 0.1) is 19.0 Å². The first-order valence-corrected chi connectivity index (χ1v) is 11.9. The van der Waals surface area contributed by atoms with Gasteiger partial charge >= 0.3 is 6.03 Å². The molecule has 0 spiro atoms. The summed E-state index contributed by atoms with van der Waals surface area (Å²) < 4.78 is 12.5. The highest BCUT2D eigenvalue weighted by Gasteiger charge is 2.20. The molecular formula is C28H28N6O3. The lowest BCUT2D eigenvalue weighted by Gasteiger charge is -2.12. The van der Waals surface area contributed by atoms with Gasteiger partial charge in [0.25, 0.3) is 0 Å². The van der Waals surface area contributed by atoms with Crippen molar-refractivity contribution in [2.75, 3.05) is 12.4 Å². The lowest BCUT2D eigenvalue weighted by atomic mass is 9.93. The highest BCUT2D eigenvalue weighted by molar-refractivity contribution is 5.88. The number of imidazole rings is 1. The molecule has 2 amide bonds. The summed E-state index contributed by atoms with van der Waals surface area (Å²) >= 11 is 0. The number of nitrogens with zero attached hydrogens (tertiary/aromatic N) is 4. The van der Waals surface area contributed by atoms with Gasteiger partial charge in [-0.05, 0) is 29.3 Å². The normalized spacial score (nSPS) is 11.5. The van der Waals surface area contributed by atoms with Crippen LogP contribution in [0, 0.1) is 0 Å². The fraction of sp³-hybridized carbons (Fsp3) is 0.214. The molecule has 37 heavy (non-hydrogen) atoms. The van der Waals surface area contributed by atoms with Crippen LogP contribution in [0.5, 0.6) is 5.88 Å². The predicted molar refractivity (Wildman–Crippen MR) is 141 cm³/mol. The van der Waals surface area contributed by atoms with Gasteiger partial charge in [0.2, 0.25) is 5.88 Å². The molecule has 0 aliphatic carbocycles. The summed E-state index contributed by atoms with van der Waals surface area (Å²) in [6.45, 7) is 6.44. The number of hydrogen-bond donors (Lipinski definition) is 2. The standard InChI is InChI=1S/C28H28N6O3/c1-28(2,3)23-14-24(33-37-23)32-27(35)31-15-18-5-7-19(8-6-18)22-17-29-25-13-20(11-12-34(22)25)21-9-10-26(36-4)30-16-21/h5-14,16-17H,15H2,1-4H3,(H2,31,32,33,35). The first-order chi connectivity index (χ1) is 17.8. The molecule has 188 valence electrons. The molecule has 4 aromatic heterocycles. The zero-order valence-electron chi connectivity index (χ0n) is 21.1. The van der Waals surface area contributed by atoms with Crippen LogP contribution in [0.25, 0.3) is 28.0 Å². The third-order valence-corrected chi connectivity index (χ3v) is 5.99. The summed E-state index contributed by atoms with van der Waals surface area (Å²) in [5.41, 5.74) is 5.66. The van der Waals surface area contributed by atoms with Crippen LogP contribution in [0.15, 0.2) is 77.7 Å². The Balaban J connectivity index is 1.23. The van der Waals surface area contributed by atoms with Crippen LogP contribution < -0.4 is 15.4 Å². The van der Waals surface area contributed by atoms with Crippen LogP contribution in [0.2, 0.25) is 0 Å². The van der Waals surface area contributed by atoms with Crippen LogP contribution in [0.1, 0.15) is 32.1 Å². The van der Waals surface area contributed by atoms with E-state index in [9.17, 15) is 4.79 Å². The maximum atomic E-state index is 12.3. The number of pyridine rings is 2. The summed E-state index contributed by atoms with van der Waals surface area (Å²) in [5.74, 6) is 1.67. The third kappa shape index (κ3) is 5.30. The molecule has 0 aliphatic heterocycles. The number of benzene rings is 1. The zero-order chi connectivity index (χ0) is 26.0. The second-order valence-electron chi connectivity index (χ2n) is 9.71. The lowest BCUT2D eigenvalue weighted by Crippen LogP contribution is -2.28. The smallest absolute Gasteiger partial charge is 0.320 e. The summed E-state index contributed by atoms with van der Waals surface area (Å²) in [5, 5.41) is 9.46. The SMILES string of the molecule is COc1ccc(-c2ccn3c(-c4ccc(CNC(=O)Nc5cc(C(C)(C)C)on5)cc4)cnc3c2)cn1. The molecule has 0 atom stereocenters. The Labute approximate surface area is 214 Å². The van der Waals surface area contributed by atoms with Gasteiger partial charge in [-0.3, -0.25) is 9.72 Å². The lowest BCUT2D eigenvalue weighted by molar-refractivity contribution is 0.251. The Morgan fingerprint density at radius 2 is 1.76 bits per heavy atom. The van der Waals surface area contributed by atoms with Crippen LogP contribution >= 0.6 is 0 Å². The average Bonchev–Trinajstić information content (AvgIpc) is 3.55. The van der Waals surface area contributed by atoms with Crippen molar-refractivity contribution < 1.29 is 14.1 Å². The number of rotatable bonds is 6. The van der Waals surface area contributed by atoms with Gasteiger partial charge in [0, 0.05) is 47.6 Å². The zero-order valence-corrected chi connectivity index (χ0v) is 21.1. The number of hydrogen-bond acceptors (Lipinski definition) is 6. The highest BCUT2D eigenvalue weighted by Crippen LogP contribution is 2.26. The third-order valence-electron chi connectivity index (χ3n) is 5.99. The number of aromatic nitrogens is 4. The predicted octanol–water partition coefficient (Wildman–Crippen LogP) is 5.68. The van der Waals surface area contributed by atoms with Crippen molar-refractivity contribution >= 4 is 17.5 Å². The number of carbonyl (C=O) groups is 1. The minimum Gasteiger partial charge on any atom is -0.481 e. The number of nitrogens with one attached hydrogen (secondary N) is 2. The van der Waals surface area contributed by atoms with Crippen LogP contribution in [0.4, 0.5) is 10.6 Å². The van der Waals surface area contributed by atoms with E-state index < -0.39 is 0 Å². The number of methoxy groups -OCH3 is 1. The second kappa shape index (κ2) is 9.77. The number of amides is 2. The van der Waals surface area contributed by atoms with Crippen molar-refractivity contribution in [2.45, 2.75) is 32.7 Å². The molecular weight excluding hydrogens is 468 g/mol. The van der Waals surface area contributed by atoms with Gasteiger partial charge in [-0.2, -0.15) is 0 Å². The molecule has 0 saturated heterocycles. The van der Waals surface area contributed by atoms with Gasteiger partial charge in [-0.15, -0.1) is 0 Å². The summed E-state index contributed by atoms with van der Waals surface area (Å²) in [7, 11) is 1.60. The molecule has 5 aromatic rings. The highest BCUT2D eigenvalue weighted by atomic mass is 16.5. The number of carbonyl (C=O) groups excluding carboxylic acids is 1. The minimum atomic E-state index is -0.345. The Bertz CT molecular complexity index is 1530. The van der Waals surface area contributed by atoms with Crippen LogP contribution in [-0.2, 0) is 12.0 Å². The van der Waals surface area contributed by atoms with E-state index in [0.29, 0.717) is 24.0 Å². The average molecular weight is 497 g/mol. The van der Waals surface area contributed by atoms with E-state index in [0.717, 1.165) is 33.6 Å². The van der Waals surface area contributed by atoms with Crippen molar-refractivity contribution in [3.05, 3.63) is 84.5 Å². The van der Waals surface area contributed by atoms with E-state index in [1.807, 2.05) is 86.1 Å². The largest absolute Gasteiger partial charge is 0.481 e. The maximum Gasteiger partial charge on any atom is 0.320 e. The fourth-order valence-corrected chi connectivity index (χ4v) is 3.87. The molecule has 4 heterocycles. The molecule has 2 N–H and O–H groups in total. The quantitative estimate of drug-likeness (QED) is 0.313. The van der Waals surface area contributed by atoms with Crippen molar-refractivity contribution in [1.82, 2.24) is 24.8 Å². The number of fused-ring (bicyclic) bond motifs is 1. The van der Waals surface area contributed by atoms with E-state index >= 15 is 0 Å². The second-order valence-corrected chi connectivity index (χ2v) is 9.71. The van der Waals surface area contributed by atoms with Crippen LogP contribution in [0.3, 0.4) is 0 Å². The molecule has 0 bridgehead atoms. The first-order valence-electron chi connectivity index (χ1n) is 11.9.